The third-order valence-electron chi connectivity index (χ3n) is 1.64. The topological polar surface area (TPSA) is 64.9 Å². The molecule has 0 heterocycles. The van der Waals surface area contributed by atoms with E-state index in [1.165, 1.54) is 0 Å². The van der Waals surface area contributed by atoms with Crippen LogP contribution in [0.5, 0.6) is 0 Å². The van der Waals surface area contributed by atoms with E-state index >= 15 is 0 Å². The lowest BCUT2D eigenvalue weighted by molar-refractivity contribution is -0.121. The minimum absolute atomic E-state index is 0.0259. The van der Waals surface area contributed by atoms with Gasteiger partial charge in [-0.05, 0) is 26.9 Å². The number of carbonyl (C=O) groups excluding carboxylic acids is 1. The molecule has 1 amide bonds. The van der Waals surface area contributed by atoms with Gasteiger partial charge in [-0.15, -0.1) is 0 Å². The van der Waals surface area contributed by atoms with Gasteiger partial charge < -0.3 is 10.6 Å². The molecule has 0 bridgehead atoms. The van der Waals surface area contributed by atoms with Crippen LogP contribution >= 0.6 is 0 Å². The van der Waals surface area contributed by atoms with Crippen molar-refractivity contribution in [3.05, 3.63) is 0 Å². The fourth-order valence-corrected chi connectivity index (χ4v) is 0.961. The fraction of sp³-hybridized carbons (Fsp3) is 0.778. The minimum atomic E-state index is -0.0351. The minimum Gasteiger partial charge on any atom is -0.353 e. The second-order valence-electron chi connectivity index (χ2n) is 3.04. The van der Waals surface area contributed by atoms with Gasteiger partial charge in [0.25, 0.3) is 0 Å². The molecule has 0 spiro atoms. The highest BCUT2D eigenvalue weighted by Gasteiger charge is 2.05. The first-order valence-corrected chi connectivity index (χ1v) is 4.51. The van der Waals surface area contributed by atoms with Crippen LogP contribution in [0.3, 0.4) is 0 Å². The van der Waals surface area contributed by atoms with Crippen LogP contribution in [0.15, 0.2) is 0 Å². The molecule has 0 saturated heterocycles. The molecule has 1 atom stereocenters. The van der Waals surface area contributed by atoms with Gasteiger partial charge in [-0.3, -0.25) is 4.79 Å². The monoisotopic (exact) mass is 183 g/mol. The quantitative estimate of drug-likeness (QED) is 0.586. The van der Waals surface area contributed by atoms with E-state index in [-0.39, 0.29) is 11.9 Å². The number of nitriles is 1. The zero-order chi connectivity index (χ0) is 10.1. The van der Waals surface area contributed by atoms with Crippen LogP contribution in [0.2, 0.25) is 0 Å². The molecule has 0 aromatic rings. The Balaban J connectivity index is 3.45. The molecule has 0 fully saturated rings. The molecular weight excluding hydrogens is 166 g/mol. The second-order valence-corrected chi connectivity index (χ2v) is 3.04. The highest BCUT2D eigenvalue weighted by molar-refractivity contribution is 5.76. The Kier molecular flexibility index (Phi) is 6.93. The number of amides is 1. The van der Waals surface area contributed by atoms with Crippen molar-refractivity contribution < 1.29 is 4.79 Å². The summed E-state index contributed by atoms with van der Waals surface area (Å²) in [6.45, 7) is 2.68. The third-order valence-corrected chi connectivity index (χ3v) is 1.64. The van der Waals surface area contributed by atoms with E-state index in [4.69, 9.17) is 5.26 Å². The highest BCUT2D eigenvalue weighted by Crippen LogP contribution is 1.92. The average Bonchev–Trinajstić information content (AvgIpc) is 2.05. The molecule has 0 rings (SSSR count). The van der Waals surface area contributed by atoms with Crippen molar-refractivity contribution in [3.8, 4) is 6.07 Å². The first-order chi connectivity index (χ1) is 6.20. The van der Waals surface area contributed by atoms with Gasteiger partial charge >= 0.3 is 0 Å². The van der Waals surface area contributed by atoms with Gasteiger partial charge in [0.15, 0.2) is 0 Å². The lowest BCUT2D eigenvalue weighted by Crippen LogP contribution is -2.32. The maximum absolute atomic E-state index is 11.2. The normalized spacial score (nSPS) is 11.8. The molecule has 0 radical (unpaired) electrons. The molecule has 0 aliphatic heterocycles. The molecule has 0 aliphatic carbocycles. The second kappa shape index (κ2) is 7.56. The van der Waals surface area contributed by atoms with Crippen molar-refractivity contribution in [2.45, 2.75) is 32.2 Å². The average molecular weight is 183 g/mol. The lowest BCUT2D eigenvalue weighted by Gasteiger charge is -2.09. The van der Waals surface area contributed by atoms with E-state index in [2.05, 4.69) is 10.6 Å². The molecule has 74 valence electrons. The molecule has 0 aromatic heterocycles. The predicted octanol–water partition coefficient (Wildman–Crippen LogP) is 0.404. The third kappa shape index (κ3) is 7.29. The van der Waals surface area contributed by atoms with Gasteiger partial charge in [-0.25, -0.2) is 0 Å². The van der Waals surface area contributed by atoms with Crippen molar-refractivity contribution >= 4 is 5.91 Å². The van der Waals surface area contributed by atoms with Crippen molar-refractivity contribution in [1.29, 1.82) is 5.26 Å². The SMILES string of the molecule is CNCCCC(=O)NC(C)CC#N. The zero-order valence-corrected chi connectivity index (χ0v) is 8.26. The summed E-state index contributed by atoms with van der Waals surface area (Å²) in [6, 6.07) is 1.98. The summed E-state index contributed by atoms with van der Waals surface area (Å²) in [5, 5.41) is 14.1. The summed E-state index contributed by atoms with van der Waals surface area (Å²) >= 11 is 0. The van der Waals surface area contributed by atoms with E-state index in [1.807, 2.05) is 20.0 Å². The van der Waals surface area contributed by atoms with Crippen molar-refractivity contribution in [1.82, 2.24) is 10.6 Å². The number of carbonyl (C=O) groups is 1. The Morgan fingerprint density at radius 2 is 2.31 bits per heavy atom. The molecule has 0 saturated carbocycles. The molecule has 2 N–H and O–H groups in total. The summed E-state index contributed by atoms with van der Waals surface area (Å²) in [6.07, 6.45) is 1.73. The van der Waals surface area contributed by atoms with Gasteiger partial charge in [0.05, 0.1) is 12.5 Å². The first-order valence-electron chi connectivity index (χ1n) is 4.51. The maximum Gasteiger partial charge on any atom is 0.220 e. The van der Waals surface area contributed by atoms with Crippen molar-refractivity contribution in [2.75, 3.05) is 13.6 Å². The largest absolute Gasteiger partial charge is 0.353 e. The van der Waals surface area contributed by atoms with Crippen LogP contribution in [0, 0.1) is 11.3 Å². The standard InChI is InChI=1S/C9H17N3O/c1-8(5-6-10)12-9(13)4-3-7-11-2/h8,11H,3-5,7H2,1-2H3,(H,12,13). The van der Waals surface area contributed by atoms with Gasteiger partial charge in [-0.2, -0.15) is 5.26 Å². The Morgan fingerprint density at radius 3 is 2.85 bits per heavy atom. The Hall–Kier alpha value is -1.08. The summed E-state index contributed by atoms with van der Waals surface area (Å²) in [4.78, 5) is 11.2. The van der Waals surface area contributed by atoms with E-state index in [0.29, 0.717) is 12.8 Å². The predicted molar refractivity (Wildman–Crippen MR) is 51.0 cm³/mol. The van der Waals surface area contributed by atoms with Crippen LogP contribution in [0.4, 0.5) is 0 Å². The summed E-state index contributed by atoms with van der Waals surface area (Å²) in [5.41, 5.74) is 0. The molecule has 0 aromatic carbocycles. The Labute approximate surface area is 79.3 Å². The number of rotatable bonds is 6. The van der Waals surface area contributed by atoms with Crippen LogP contribution < -0.4 is 10.6 Å². The van der Waals surface area contributed by atoms with Crippen LogP contribution in [-0.4, -0.2) is 25.5 Å². The highest BCUT2D eigenvalue weighted by atomic mass is 16.1. The number of hydrogen-bond donors (Lipinski definition) is 2. The fourth-order valence-electron chi connectivity index (χ4n) is 0.961. The lowest BCUT2D eigenvalue weighted by atomic mass is 10.2. The smallest absolute Gasteiger partial charge is 0.220 e. The molecule has 1 unspecified atom stereocenters. The molecule has 13 heavy (non-hydrogen) atoms. The molecule has 4 nitrogen and oxygen atoms in total. The van der Waals surface area contributed by atoms with Crippen molar-refractivity contribution in [2.24, 2.45) is 0 Å². The number of hydrogen-bond acceptors (Lipinski definition) is 3. The Morgan fingerprint density at radius 1 is 1.62 bits per heavy atom. The van der Waals surface area contributed by atoms with Gasteiger partial charge in [-0.1, -0.05) is 0 Å². The van der Waals surface area contributed by atoms with E-state index in [1.54, 1.807) is 0 Å². The van der Waals surface area contributed by atoms with E-state index in [9.17, 15) is 4.79 Å². The number of nitrogens with zero attached hydrogens (tertiary/aromatic N) is 1. The summed E-state index contributed by atoms with van der Waals surface area (Å²) in [7, 11) is 1.86. The number of nitrogens with one attached hydrogen (secondary N) is 2. The zero-order valence-electron chi connectivity index (χ0n) is 8.26. The molecule has 0 aliphatic rings. The molecule has 4 heteroatoms. The van der Waals surface area contributed by atoms with Gasteiger partial charge in [0, 0.05) is 12.5 Å². The van der Waals surface area contributed by atoms with E-state index in [0.717, 1.165) is 13.0 Å². The maximum atomic E-state index is 11.2. The van der Waals surface area contributed by atoms with Crippen LogP contribution in [0.25, 0.3) is 0 Å². The van der Waals surface area contributed by atoms with Gasteiger partial charge in [0.1, 0.15) is 0 Å². The van der Waals surface area contributed by atoms with Crippen LogP contribution in [-0.2, 0) is 4.79 Å². The van der Waals surface area contributed by atoms with Crippen molar-refractivity contribution in [3.63, 3.8) is 0 Å². The van der Waals surface area contributed by atoms with E-state index < -0.39 is 0 Å². The Bertz CT molecular complexity index is 186. The molecular formula is C9H17N3O. The van der Waals surface area contributed by atoms with Crippen LogP contribution in [0.1, 0.15) is 26.2 Å². The van der Waals surface area contributed by atoms with Gasteiger partial charge in [0.2, 0.25) is 5.91 Å². The summed E-state index contributed by atoms with van der Waals surface area (Å²) < 4.78 is 0. The summed E-state index contributed by atoms with van der Waals surface area (Å²) in [5.74, 6) is 0.0259. The first kappa shape index (κ1) is 11.9.